The van der Waals surface area contributed by atoms with Crippen LogP contribution in [-0.4, -0.2) is 46.3 Å². The lowest BCUT2D eigenvalue weighted by molar-refractivity contribution is -0.117. The minimum atomic E-state index is -0.166. The number of aryl methyl sites for hydroxylation is 1. The highest BCUT2D eigenvalue weighted by molar-refractivity contribution is 6.34. The van der Waals surface area contributed by atoms with E-state index in [1.54, 1.807) is 24.5 Å². The Balaban J connectivity index is 1.31. The van der Waals surface area contributed by atoms with Crippen LogP contribution in [0.4, 0.5) is 11.4 Å². The number of fused-ring (bicyclic) bond motifs is 1. The fraction of sp³-hybridized carbons (Fsp3) is 0.478. The minimum Gasteiger partial charge on any atom is -0.326 e. The van der Waals surface area contributed by atoms with Gasteiger partial charge in [0.15, 0.2) is 0 Å². The molecule has 0 spiro atoms. The summed E-state index contributed by atoms with van der Waals surface area (Å²) in [6.07, 6.45) is 5.08. The van der Waals surface area contributed by atoms with Crippen molar-refractivity contribution in [3.8, 4) is 0 Å². The van der Waals surface area contributed by atoms with Crippen molar-refractivity contribution in [2.24, 2.45) is 17.8 Å². The number of nitrogens with zero attached hydrogens (tertiary/aromatic N) is 3. The highest BCUT2D eigenvalue weighted by Crippen LogP contribution is 2.43. The largest absolute Gasteiger partial charge is 0.326 e. The molecular formula is C23H28ClN5O2. The van der Waals surface area contributed by atoms with Gasteiger partial charge in [-0.2, -0.15) is 0 Å². The predicted molar refractivity (Wildman–Crippen MR) is 121 cm³/mol. The molecule has 0 unspecified atom stereocenters. The van der Waals surface area contributed by atoms with Gasteiger partial charge in [-0.25, -0.2) is 9.97 Å². The molecule has 1 saturated carbocycles. The van der Waals surface area contributed by atoms with E-state index in [2.05, 4.69) is 31.6 Å². The zero-order valence-electron chi connectivity index (χ0n) is 17.9. The summed E-state index contributed by atoms with van der Waals surface area (Å²) in [5, 5.41) is 5.98. The van der Waals surface area contributed by atoms with Gasteiger partial charge in [0.1, 0.15) is 6.33 Å². The van der Waals surface area contributed by atoms with Gasteiger partial charge < -0.3 is 10.6 Å². The van der Waals surface area contributed by atoms with Gasteiger partial charge in [0.2, 0.25) is 11.8 Å². The van der Waals surface area contributed by atoms with E-state index in [-0.39, 0.29) is 11.8 Å². The molecule has 7 nitrogen and oxygen atoms in total. The molecule has 2 aromatic rings. The lowest BCUT2D eigenvalue weighted by Gasteiger charge is -2.20. The Labute approximate surface area is 187 Å². The lowest BCUT2D eigenvalue weighted by atomic mass is 9.89. The molecule has 164 valence electrons. The number of likely N-dealkylation sites (tertiary alicyclic amines) is 1. The Morgan fingerprint density at radius 3 is 2.74 bits per heavy atom. The summed E-state index contributed by atoms with van der Waals surface area (Å²) in [6.45, 7) is 5.71. The average Bonchev–Trinajstić information content (AvgIpc) is 3.25. The second-order valence-electron chi connectivity index (χ2n) is 8.73. The SMILES string of the molecule is CC(=O)Nc1ccc(NC(=O)CN2C[C@H]3CC[C@H](Cc4cc(C)ncn4)[C@H]3C2)c(Cl)c1. The summed E-state index contributed by atoms with van der Waals surface area (Å²) in [5.41, 5.74) is 3.28. The van der Waals surface area contributed by atoms with Crippen LogP contribution >= 0.6 is 11.6 Å². The normalized spacial score (nSPS) is 22.9. The van der Waals surface area contributed by atoms with Crippen molar-refractivity contribution in [1.82, 2.24) is 14.9 Å². The molecule has 1 aromatic carbocycles. The Bertz CT molecular complexity index is 982. The highest BCUT2D eigenvalue weighted by Gasteiger charge is 2.42. The summed E-state index contributed by atoms with van der Waals surface area (Å²) >= 11 is 6.27. The number of amides is 2. The summed E-state index contributed by atoms with van der Waals surface area (Å²) in [7, 11) is 0. The smallest absolute Gasteiger partial charge is 0.238 e. The van der Waals surface area contributed by atoms with Crippen molar-refractivity contribution >= 4 is 34.8 Å². The molecule has 31 heavy (non-hydrogen) atoms. The van der Waals surface area contributed by atoms with E-state index in [9.17, 15) is 9.59 Å². The van der Waals surface area contributed by atoms with Crippen molar-refractivity contribution in [1.29, 1.82) is 0 Å². The highest BCUT2D eigenvalue weighted by atomic mass is 35.5. The fourth-order valence-electron chi connectivity index (χ4n) is 5.03. The predicted octanol–water partition coefficient (Wildman–Crippen LogP) is 3.54. The van der Waals surface area contributed by atoms with Crippen LogP contribution in [0.2, 0.25) is 5.02 Å². The maximum atomic E-state index is 12.6. The Hall–Kier alpha value is -2.51. The van der Waals surface area contributed by atoms with Crippen molar-refractivity contribution in [3.05, 3.63) is 47.0 Å². The molecule has 0 radical (unpaired) electrons. The molecule has 2 N–H and O–H groups in total. The summed E-state index contributed by atoms with van der Waals surface area (Å²) in [5.74, 6) is 1.64. The van der Waals surface area contributed by atoms with E-state index in [4.69, 9.17) is 11.6 Å². The number of anilines is 2. The number of carbonyl (C=O) groups is 2. The quantitative estimate of drug-likeness (QED) is 0.716. The number of hydrogen-bond donors (Lipinski definition) is 2. The number of aromatic nitrogens is 2. The van der Waals surface area contributed by atoms with Gasteiger partial charge in [0.05, 0.1) is 17.3 Å². The van der Waals surface area contributed by atoms with Crippen molar-refractivity contribution in [3.63, 3.8) is 0 Å². The number of halogens is 1. The molecule has 1 saturated heterocycles. The van der Waals surface area contributed by atoms with E-state index in [0.717, 1.165) is 30.9 Å². The first-order valence-corrected chi connectivity index (χ1v) is 11.1. The molecule has 2 fully saturated rings. The summed E-state index contributed by atoms with van der Waals surface area (Å²) in [6, 6.07) is 7.15. The maximum Gasteiger partial charge on any atom is 0.238 e. The number of benzene rings is 1. The maximum absolute atomic E-state index is 12.6. The third-order valence-corrected chi connectivity index (χ3v) is 6.66. The van der Waals surface area contributed by atoms with Crippen LogP contribution < -0.4 is 10.6 Å². The van der Waals surface area contributed by atoms with Gasteiger partial charge in [-0.1, -0.05) is 11.6 Å². The monoisotopic (exact) mass is 441 g/mol. The van der Waals surface area contributed by atoms with Crippen LogP contribution in [0.5, 0.6) is 0 Å². The van der Waals surface area contributed by atoms with Gasteiger partial charge in [-0.05, 0) is 68.2 Å². The minimum absolute atomic E-state index is 0.0721. The second-order valence-corrected chi connectivity index (χ2v) is 9.14. The van der Waals surface area contributed by atoms with Crippen LogP contribution in [0.15, 0.2) is 30.6 Å². The zero-order chi connectivity index (χ0) is 22.0. The zero-order valence-corrected chi connectivity index (χ0v) is 18.7. The molecule has 2 heterocycles. The lowest BCUT2D eigenvalue weighted by Crippen LogP contribution is -2.33. The molecule has 1 aromatic heterocycles. The molecule has 2 amide bonds. The molecular weight excluding hydrogens is 414 g/mol. The molecule has 8 heteroatoms. The fourth-order valence-corrected chi connectivity index (χ4v) is 5.26. The first kappa shape index (κ1) is 21.7. The van der Waals surface area contributed by atoms with Gasteiger partial charge >= 0.3 is 0 Å². The van der Waals surface area contributed by atoms with Crippen molar-refractivity contribution in [2.75, 3.05) is 30.3 Å². The van der Waals surface area contributed by atoms with E-state index < -0.39 is 0 Å². The van der Waals surface area contributed by atoms with Crippen molar-refractivity contribution in [2.45, 2.75) is 33.1 Å². The van der Waals surface area contributed by atoms with Gasteiger partial charge in [-0.3, -0.25) is 14.5 Å². The number of carbonyl (C=O) groups excluding carboxylic acids is 2. The molecule has 1 aliphatic heterocycles. The number of nitrogens with one attached hydrogen (secondary N) is 2. The van der Waals surface area contributed by atoms with E-state index in [0.29, 0.717) is 40.7 Å². The molecule has 2 aliphatic rings. The van der Waals surface area contributed by atoms with Crippen LogP contribution in [-0.2, 0) is 16.0 Å². The molecule has 1 aliphatic carbocycles. The first-order chi connectivity index (χ1) is 14.9. The van der Waals surface area contributed by atoms with Crippen molar-refractivity contribution < 1.29 is 9.59 Å². The van der Waals surface area contributed by atoms with Gasteiger partial charge in [0, 0.05) is 37.1 Å². The van der Waals surface area contributed by atoms with Crippen LogP contribution in [0.1, 0.15) is 31.2 Å². The van der Waals surface area contributed by atoms with Crippen LogP contribution in [0, 0.1) is 24.7 Å². The van der Waals surface area contributed by atoms with E-state index in [1.165, 1.54) is 19.8 Å². The number of hydrogen-bond acceptors (Lipinski definition) is 5. The summed E-state index contributed by atoms with van der Waals surface area (Å²) < 4.78 is 0. The molecule has 3 atom stereocenters. The average molecular weight is 442 g/mol. The first-order valence-electron chi connectivity index (χ1n) is 10.7. The second kappa shape index (κ2) is 9.32. The third kappa shape index (κ3) is 5.40. The Morgan fingerprint density at radius 1 is 1.16 bits per heavy atom. The van der Waals surface area contributed by atoms with Gasteiger partial charge in [-0.15, -0.1) is 0 Å². The molecule has 0 bridgehead atoms. The Morgan fingerprint density at radius 2 is 2.00 bits per heavy atom. The Kier molecular flexibility index (Phi) is 6.53. The van der Waals surface area contributed by atoms with Crippen LogP contribution in [0.25, 0.3) is 0 Å². The topological polar surface area (TPSA) is 87.2 Å². The van der Waals surface area contributed by atoms with Crippen LogP contribution in [0.3, 0.4) is 0 Å². The standard InChI is InChI=1S/C23H28ClN5O2/c1-14-7-19(26-13-25-14)8-16-3-4-17-10-29(11-20(16)17)12-23(31)28-22-6-5-18(9-21(22)24)27-15(2)30/h5-7,9,13,16-17,20H,3-4,8,10-12H2,1-2H3,(H,27,30)(H,28,31)/t16-,17-,20-/m1/s1. The van der Waals surface area contributed by atoms with E-state index >= 15 is 0 Å². The van der Waals surface area contributed by atoms with E-state index in [1.807, 2.05) is 6.92 Å². The summed E-state index contributed by atoms with van der Waals surface area (Å²) in [4.78, 5) is 34.7. The third-order valence-electron chi connectivity index (χ3n) is 6.34. The molecule has 4 rings (SSSR count). The number of rotatable bonds is 6. The van der Waals surface area contributed by atoms with Gasteiger partial charge in [0.25, 0.3) is 0 Å².